The second-order valence-electron chi connectivity index (χ2n) is 8.42. The molecule has 0 N–H and O–H groups in total. The lowest BCUT2D eigenvalue weighted by molar-refractivity contribution is -0.597. The third-order valence-corrected chi connectivity index (χ3v) is 5.65. The van der Waals surface area contributed by atoms with E-state index in [0.717, 1.165) is 0 Å². The molecule has 0 fully saturated rings. The molecule has 0 aliphatic carbocycles. The second-order valence-corrected chi connectivity index (χ2v) is 8.42. The predicted molar refractivity (Wildman–Crippen MR) is 130 cm³/mol. The first-order valence-corrected chi connectivity index (χ1v) is 10.8. The van der Waals surface area contributed by atoms with E-state index in [0.29, 0.717) is 11.8 Å². The van der Waals surface area contributed by atoms with Crippen molar-refractivity contribution in [3.63, 3.8) is 0 Å². The first-order chi connectivity index (χ1) is 14.5. The van der Waals surface area contributed by atoms with Crippen molar-refractivity contribution < 1.29 is 9.13 Å². The molecule has 2 heteroatoms. The van der Waals surface area contributed by atoms with Gasteiger partial charge in [0.25, 0.3) is 0 Å². The Morgan fingerprint density at radius 3 is 1.42 bits per heavy atom. The van der Waals surface area contributed by atoms with Gasteiger partial charge in [0.2, 0.25) is 11.4 Å². The number of rotatable bonds is 5. The normalized spacial score (nSPS) is 10.9. The van der Waals surface area contributed by atoms with Crippen LogP contribution in [0.5, 0.6) is 0 Å². The molecule has 2 aromatic heterocycles. The van der Waals surface area contributed by atoms with Gasteiger partial charge in [-0.05, 0) is 23.0 Å². The van der Waals surface area contributed by atoms with E-state index in [1.165, 1.54) is 33.6 Å². The van der Waals surface area contributed by atoms with Gasteiger partial charge in [0.05, 0.1) is 0 Å². The van der Waals surface area contributed by atoms with Gasteiger partial charge >= 0.3 is 0 Å². The van der Waals surface area contributed by atoms with Crippen LogP contribution >= 0.6 is 0 Å². The van der Waals surface area contributed by atoms with E-state index in [9.17, 15) is 0 Å². The van der Waals surface area contributed by atoms with Crippen LogP contribution in [0.3, 0.4) is 0 Å². The van der Waals surface area contributed by atoms with Crippen LogP contribution in [-0.2, 0) is 0 Å². The minimum atomic E-state index is 0. The molecule has 0 atom stereocenters. The maximum absolute atomic E-state index is 2.28. The van der Waals surface area contributed by atoms with Gasteiger partial charge in [-0.1, -0.05) is 71.5 Å². The van der Waals surface area contributed by atoms with Crippen LogP contribution in [0.4, 0.5) is 0 Å². The molecule has 0 amide bonds. The lowest BCUT2D eigenvalue weighted by atomic mass is 9.92. The summed E-state index contributed by atoms with van der Waals surface area (Å²) in [5.74, 6) is 0.960. The second kappa shape index (κ2) is 9.70. The smallest absolute Gasteiger partial charge is 0.167 e. The fourth-order valence-corrected chi connectivity index (χ4v) is 3.97. The molecule has 0 spiro atoms. The minimum Gasteiger partial charge on any atom is -0.167 e. The summed E-state index contributed by atoms with van der Waals surface area (Å²) in [6.45, 7) is 9.07. The van der Waals surface area contributed by atoms with Crippen molar-refractivity contribution in [2.24, 2.45) is 0 Å². The standard InChI is InChI=1S/C28H30N2.CH4/c1-21(2)26-11-8-12-27(22(3)4)28(26)30-19-15-24(16-20-30)23-13-17-29(18-14-23)25-9-6-5-7-10-25;/h5-22H,1-4H3;1H4/q+2;. The summed E-state index contributed by atoms with van der Waals surface area (Å²) in [4.78, 5) is 0. The molecule has 0 radical (unpaired) electrons. The minimum absolute atomic E-state index is 0. The van der Waals surface area contributed by atoms with Crippen LogP contribution in [0.2, 0.25) is 0 Å². The highest BCUT2D eigenvalue weighted by Gasteiger charge is 2.21. The fourth-order valence-electron chi connectivity index (χ4n) is 3.97. The van der Waals surface area contributed by atoms with Crippen molar-refractivity contribution in [1.82, 2.24) is 0 Å². The van der Waals surface area contributed by atoms with Crippen molar-refractivity contribution in [3.8, 4) is 22.5 Å². The molecule has 158 valence electrons. The molecular formula is C29H34N2+2. The zero-order chi connectivity index (χ0) is 21.1. The van der Waals surface area contributed by atoms with E-state index in [2.05, 4.69) is 128 Å². The molecule has 4 rings (SSSR count). The number of nitrogens with zero attached hydrogens (tertiary/aromatic N) is 2. The van der Waals surface area contributed by atoms with Crippen LogP contribution in [-0.4, -0.2) is 0 Å². The Morgan fingerprint density at radius 1 is 0.516 bits per heavy atom. The zero-order valence-corrected chi connectivity index (χ0v) is 18.3. The average Bonchev–Trinajstić information content (AvgIpc) is 2.79. The summed E-state index contributed by atoms with van der Waals surface area (Å²) in [6, 6.07) is 25.9. The summed E-state index contributed by atoms with van der Waals surface area (Å²) in [7, 11) is 0. The largest absolute Gasteiger partial charge is 0.217 e. The molecule has 0 aliphatic rings. The van der Waals surface area contributed by atoms with Crippen LogP contribution in [0.15, 0.2) is 97.6 Å². The molecule has 2 aromatic carbocycles. The highest BCUT2D eigenvalue weighted by atomic mass is 14.9. The molecule has 0 bridgehead atoms. The van der Waals surface area contributed by atoms with E-state index in [1.54, 1.807) is 0 Å². The van der Waals surface area contributed by atoms with Crippen LogP contribution in [0.1, 0.15) is 58.1 Å². The Morgan fingerprint density at radius 2 is 0.968 bits per heavy atom. The van der Waals surface area contributed by atoms with Gasteiger partial charge in [0.15, 0.2) is 24.8 Å². The number of pyridine rings is 2. The average molecular weight is 411 g/mol. The van der Waals surface area contributed by atoms with Crippen LogP contribution in [0.25, 0.3) is 22.5 Å². The lowest BCUT2D eigenvalue weighted by Gasteiger charge is -2.14. The van der Waals surface area contributed by atoms with E-state index >= 15 is 0 Å². The zero-order valence-electron chi connectivity index (χ0n) is 18.3. The SMILES string of the molecule is C.CC(C)c1cccc(C(C)C)c1-[n+]1ccc(-c2cc[n+](-c3ccccc3)cc2)cc1. The monoisotopic (exact) mass is 410 g/mol. The van der Waals surface area contributed by atoms with Gasteiger partial charge < -0.3 is 0 Å². The number of hydrogen-bond donors (Lipinski definition) is 0. The maximum atomic E-state index is 2.28. The topological polar surface area (TPSA) is 7.76 Å². The highest BCUT2D eigenvalue weighted by Crippen LogP contribution is 2.28. The van der Waals surface area contributed by atoms with E-state index in [-0.39, 0.29) is 7.43 Å². The van der Waals surface area contributed by atoms with E-state index in [1.807, 2.05) is 6.07 Å². The molecule has 0 aliphatic heterocycles. The Kier molecular flexibility index (Phi) is 7.02. The molecule has 0 saturated carbocycles. The summed E-state index contributed by atoms with van der Waals surface area (Å²) in [6.07, 6.45) is 8.63. The fraction of sp³-hybridized carbons (Fsp3) is 0.241. The molecule has 4 aromatic rings. The number of para-hydroxylation sites is 2. The first-order valence-electron chi connectivity index (χ1n) is 10.8. The summed E-state index contributed by atoms with van der Waals surface area (Å²) in [5, 5.41) is 0. The van der Waals surface area contributed by atoms with Crippen LogP contribution in [0, 0.1) is 0 Å². The number of benzene rings is 2. The third-order valence-electron chi connectivity index (χ3n) is 5.65. The van der Waals surface area contributed by atoms with Gasteiger partial charge in [-0.25, -0.2) is 0 Å². The van der Waals surface area contributed by atoms with Gasteiger partial charge in [0.1, 0.15) is 0 Å². The summed E-state index contributed by atoms with van der Waals surface area (Å²) >= 11 is 0. The maximum Gasteiger partial charge on any atom is 0.217 e. The van der Waals surface area contributed by atoms with Crippen molar-refractivity contribution in [2.75, 3.05) is 0 Å². The third kappa shape index (κ3) is 4.74. The van der Waals surface area contributed by atoms with Crippen molar-refractivity contribution in [1.29, 1.82) is 0 Å². The van der Waals surface area contributed by atoms with E-state index in [4.69, 9.17) is 0 Å². The van der Waals surface area contributed by atoms with Gasteiger partial charge in [-0.15, -0.1) is 0 Å². The molecule has 31 heavy (non-hydrogen) atoms. The molecule has 2 heterocycles. The number of aromatic nitrogens is 2. The van der Waals surface area contributed by atoms with Crippen molar-refractivity contribution in [2.45, 2.75) is 47.0 Å². The highest BCUT2D eigenvalue weighted by molar-refractivity contribution is 5.61. The molecule has 0 saturated heterocycles. The van der Waals surface area contributed by atoms with Crippen LogP contribution < -0.4 is 9.13 Å². The predicted octanol–water partition coefficient (Wildman–Crippen LogP) is 6.79. The van der Waals surface area contributed by atoms with Crippen molar-refractivity contribution >= 4 is 0 Å². The molecule has 2 nitrogen and oxygen atoms in total. The van der Waals surface area contributed by atoms with E-state index < -0.39 is 0 Å². The van der Waals surface area contributed by atoms with Gasteiger partial charge in [-0.3, -0.25) is 0 Å². The number of hydrogen-bond acceptors (Lipinski definition) is 0. The Balaban J connectivity index is 0.00000272. The Hall–Kier alpha value is -3.26. The first kappa shape index (κ1) is 22.4. The lowest BCUT2D eigenvalue weighted by Crippen LogP contribution is -2.33. The molecule has 0 unspecified atom stereocenters. The summed E-state index contributed by atoms with van der Waals surface area (Å²) < 4.78 is 4.42. The Labute approximate surface area is 187 Å². The van der Waals surface area contributed by atoms with Gasteiger partial charge in [-0.2, -0.15) is 9.13 Å². The van der Waals surface area contributed by atoms with Gasteiger partial charge in [0, 0.05) is 47.5 Å². The van der Waals surface area contributed by atoms with Crippen molar-refractivity contribution in [3.05, 3.63) is 109 Å². The quantitative estimate of drug-likeness (QED) is 0.320. The summed E-state index contributed by atoms with van der Waals surface area (Å²) in [5.41, 5.74) is 7.71. The molecular weight excluding hydrogens is 376 g/mol. The Bertz CT molecular complexity index is 1080.